The van der Waals surface area contributed by atoms with Crippen LogP contribution in [0, 0.1) is 5.82 Å². The van der Waals surface area contributed by atoms with Crippen molar-refractivity contribution in [2.75, 3.05) is 5.75 Å². The Balaban J connectivity index is 1.84. The molecule has 0 bridgehead atoms. The highest BCUT2D eigenvalue weighted by Gasteiger charge is 2.35. The summed E-state index contributed by atoms with van der Waals surface area (Å²) in [4.78, 5) is 0.0301. The van der Waals surface area contributed by atoms with Crippen molar-refractivity contribution in [3.8, 4) is 28.3 Å². The van der Waals surface area contributed by atoms with Crippen molar-refractivity contribution in [1.82, 2.24) is 9.78 Å². The molecule has 0 aliphatic carbocycles. The second-order valence-corrected chi connectivity index (χ2v) is 9.17. The highest BCUT2D eigenvalue weighted by molar-refractivity contribution is 7.91. The lowest BCUT2D eigenvalue weighted by Gasteiger charge is -2.10. The van der Waals surface area contributed by atoms with E-state index in [1.54, 1.807) is 12.1 Å². The number of hydrogen-bond donors (Lipinski definition) is 0. The molecule has 0 N–H and O–H groups in total. The first-order valence-electron chi connectivity index (χ1n) is 9.44. The monoisotopic (exact) mass is 464 g/mol. The van der Waals surface area contributed by atoms with Gasteiger partial charge in [-0.25, -0.2) is 17.5 Å². The Morgan fingerprint density at radius 1 is 1.03 bits per heavy atom. The van der Waals surface area contributed by atoms with Gasteiger partial charge in [-0.05, 0) is 54.6 Å². The van der Waals surface area contributed by atoms with Crippen molar-refractivity contribution in [3.05, 3.63) is 78.4 Å². The van der Waals surface area contributed by atoms with Crippen molar-refractivity contribution in [3.63, 3.8) is 0 Å². The normalized spacial score (nSPS) is 12.3. The molecule has 2 aromatic carbocycles. The van der Waals surface area contributed by atoms with E-state index >= 15 is 0 Å². The summed E-state index contributed by atoms with van der Waals surface area (Å²) in [6, 6.07) is 13.3. The summed E-state index contributed by atoms with van der Waals surface area (Å²) >= 11 is 0. The molecule has 0 aliphatic rings. The molecule has 0 spiro atoms. The Morgan fingerprint density at radius 3 is 2.31 bits per heavy atom. The maximum Gasteiger partial charge on any atom is 0.435 e. The molecular formula is C22H16F4N2O3S. The summed E-state index contributed by atoms with van der Waals surface area (Å²) in [5.41, 5.74) is -0.861. The van der Waals surface area contributed by atoms with Crippen molar-refractivity contribution in [2.45, 2.75) is 18.0 Å². The molecule has 166 valence electrons. The fourth-order valence-corrected chi connectivity index (χ4v) is 4.07. The first-order valence-corrected chi connectivity index (χ1v) is 11.1. The quantitative estimate of drug-likeness (QED) is 0.353. The SMILES string of the molecule is CCS(=O)(=O)c1ccc(-n2nc(C(F)(F)F)cc2-c2ccc(-c3ccco3)cc2F)cc1. The van der Waals surface area contributed by atoms with Gasteiger partial charge in [-0.1, -0.05) is 13.0 Å². The molecule has 0 radical (unpaired) electrons. The van der Waals surface area contributed by atoms with Gasteiger partial charge in [0, 0.05) is 11.1 Å². The van der Waals surface area contributed by atoms with E-state index in [0.717, 1.165) is 16.8 Å². The average molecular weight is 464 g/mol. The Labute approximate surface area is 180 Å². The molecule has 0 saturated heterocycles. The molecular weight excluding hydrogens is 448 g/mol. The molecule has 5 nitrogen and oxygen atoms in total. The highest BCUT2D eigenvalue weighted by atomic mass is 32.2. The molecule has 4 aromatic rings. The third-order valence-electron chi connectivity index (χ3n) is 4.87. The fourth-order valence-electron chi connectivity index (χ4n) is 3.19. The first-order chi connectivity index (χ1) is 15.1. The Hall–Kier alpha value is -3.40. The Morgan fingerprint density at radius 2 is 1.75 bits per heavy atom. The minimum Gasteiger partial charge on any atom is -0.464 e. The van der Waals surface area contributed by atoms with Crippen LogP contribution in [0.15, 0.2) is 76.2 Å². The maximum absolute atomic E-state index is 15.0. The molecule has 0 amide bonds. The number of halogens is 4. The van der Waals surface area contributed by atoms with Gasteiger partial charge in [-0.15, -0.1) is 0 Å². The lowest BCUT2D eigenvalue weighted by atomic mass is 10.1. The van der Waals surface area contributed by atoms with E-state index in [1.807, 2.05) is 0 Å². The molecule has 0 unspecified atom stereocenters. The zero-order valence-corrected chi connectivity index (χ0v) is 17.4. The predicted molar refractivity (Wildman–Crippen MR) is 109 cm³/mol. The second-order valence-electron chi connectivity index (χ2n) is 6.89. The van der Waals surface area contributed by atoms with Gasteiger partial charge >= 0.3 is 6.18 Å². The Kier molecular flexibility index (Phi) is 5.41. The number of hydrogen-bond acceptors (Lipinski definition) is 4. The van der Waals surface area contributed by atoms with Crippen LogP contribution in [0.2, 0.25) is 0 Å². The van der Waals surface area contributed by atoms with E-state index in [1.165, 1.54) is 49.6 Å². The zero-order chi connectivity index (χ0) is 23.1. The molecule has 0 atom stereocenters. The van der Waals surface area contributed by atoms with Crippen LogP contribution in [0.3, 0.4) is 0 Å². The lowest BCUT2D eigenvalue weighted by molar-refractivity contribution is -0.141. The summed E-state index contributed by atoms with van der Waals surface area (Å²) in [6.07, 6.45) is -3.33. The number of rotatable bonds is 5. The third kappa shape index (κ3) is 4.05. The molecule has 0 fully saturated rings. The van der Waals surface area contributed by atoms with Gasteiger partial charge in [0.1, 0.15) is 11.6 Å². The topological polar surface area (TPSA) is 65.1 Å². The largest absolute Gasteiger partial charge is 0.464 e. The predicted octanol–water partition coefficient (Wildman–Crippen LogP) is 5.75. The van der Waals surface area contributed by atoms with Gasteiger partial charge in [-0.3, -0.25) is 0 Å². The van der Waals surface area contributed by atoms with Crippen LogP contribution in [0.1, 0.15) is 12.6 Å². The number of benzene rings is 2. The van der Waals surface area contributed by atoms with Crippen LogP contribution in [0.5, 0.6) is 0 Å². The van der Waals surface area contributed by atoms with Crippen LogP contribution in [-0.4, -0.2) is 24.0 Å². The minimum atomic E-state index is -4.75. The molecule has 0 saturated carbocycles. The second kappa shape index (κ2) is 7.94. The molecule has 32 heavy (non-hydrogen) atoms. The molecule has 10 heteroatoms. The van der Waals surface area contributed by atoms with Crippen LogP contribution >= 0.6 is 0 Å². The van der Waals surface area contributed by atoms with Crippen molar-refractivity contribution in [2.24, 2.45) is 0 Å². The lowest BCUT2D eigenvalue weighted by Crippen LogP contribution is -2.08. The number of alkyl halides is 3. The van der Waals surface area contributed by atoms with E-state index in [2.05, 4.69) is 5.10 Å². The first kappa shape index (κ1) is 21.8. The van der Waals surface area contributed by atoms with E-state index in [-0.39, 0.29) is 27.6 Å². The minimum absolute atomic E-state index is 0.0301. The number of nitrogens with zero attached hydrogens (tertiary/aromatic N) is 2. The Bertz CT molecular complexity index is 1360. The third-order valence-corrected chi connectivity index (χ3v) is 6.62. The van der Waals surface area contributed by atoms with Gasteiger partial charge in [0.2, 0.25) is 0 Å². The van der Waals surface area contributed by atoms with Crippen molar-refractivity contribution in [1.29, 1.82) is 0 Å². The molecule has 4 rings (SSSR count). The molecule has 0 aliphatic heterocycles. The summed E-state index contributed by atoms with van der Waals surface area (Å²) < 4.78 is 85.3. The van der Waals surface area contributed by atoms with Gasteiger partial charge in [0.05, 0.1) is 28.3 Å². The standard InChI is InChI=1S/C22H16F4N2O3S/c1-2-32(29,30)16-8-6-15(7-9-16)28-19(13-21(27-28)22(24,25)26)17-10-5-14(12-18(17)23)20-4-3-11-31-20/h3-13H,2H2,1H3. The fraction of sp³-hybridized carbons (Fsp3) is 0.136. The van der Waals surface area contributed by atoms with Crippen molar-refractivity contribution < 1.29 is 30.4 Å². The van der Waals surface area contributed by atoms with Crippen LogP contribution in [-0.2, 0) is 16.0 Å². The van der Waals surface area contributed by atoms with Gasteiger partial charge in [0.25, 0.3) is 0 Å². The van der Waals surface area contributed by atoms with Gasteiger partial charge in [0.15, 0.2) is 15.5 Å². The smallest absolute Gasteiger partial charge is 0.435 e. The number of sulfone groups is 1. The number of furan rings is 1. The van der Waals surface area contributed by atoms with E-state index in [9.17, 15) is 26.0 Å². The van der Waals surface area contributed by atoms with Crippen molar-refractivity contribution >= 4 is 9.84 Å². The molecule has 2 heterocycles. The molecule has 2 aromatic heterocycles. The average Bonchev–Trinajstić information content (AvgIpc) is 3.44. The van der Waals surface area contributed by atoms with Crippen LogP contribution in [0.4, 0.5) is 17.6 Å². The summed E-state index contributed by atoms with van der Waals surface area (Å²) in [5, 5.41) is 3.61. The van der Waals surface area contributed by atoms with E-state index in [4.69, 9.17) is 4.42 Å². The zero-order valence-electron chi connectivity index (χ0n) is 16.6. The summed E-state index contributed by atoms with van der Waals surface area (Å²) in [7, 11) is -3.49. The van der Waals surface area contributed by atoms with E-state index < -0.39 is 27.5 Å². The number of aromatic nitrogens is 2. The maximum atomic E-state index is 15.0. The van der Waals surface area contributed by atoms with Crippen LogP contribution in [0.25, 0.3) is 28.3 Å². The summed E-state index contributed by atoms with van der Waals surface area (Å²) in [6.45, 7) is 1.49. The van der Waals surface area contributed by atoms with Gasteiger partial charge in [-0.2, -0.15) is 18.3 Å². The van der Waals surface area contributed by atoms with Gasteiger partial charge < -0.3 is 4.42 Å². The van der Waals surface area contributed by atoms with E-state index in [0.29, 0.717) is 11.3 Å². The summed E-state index contributed by atoms with van der Waals surface area (Å²) in [5.74, 6) is -0.475. The highest BCUT2D eigenvalue weighted by Crippen LogP contribution is 2.35. The van der Waals surface area contributed by atoms with Crippen LogP contribution < -0.4 is 0 Å².